The molecule has 0 aliphatic carbocycles. The Hall–Kier alpha value is -0.940. The van der Waals surface area contributed by atoms with Gasteiger partial charge in [0, 0.05) is 35.2 Å². The van der Waals surface area contributed by atoms with Gasteiger partial charge in [-0.15, -0.1) is 0 Å². The van der Waals surface area contributed by atoms with Crippen molar-refractivity contribution in [2.24, 2.45) is 0 Å². The quantitative estimate of drug-likeness (QED) is 0.885. The van der Waals surface area contributed by atoms with Gasteiger partial charge in [-0.1, -0.05) is 6.42 Å². The Labute approximate surface area is 133 Å². The molecular weight excluding hydrogens is 332 g/mol. The first-order valence-corrected chi connectivity index (χ1v) is 8.70. The van der Waals surface area contributed by atoms with Crippen LogP contribution in [0.3, 0.4) is 0 Å². The van der Waals surface area contributed by atoms with Crippen LogP contribution in [-0.4, -0.2) is 43.3 Å². The minimum absolute atomic E-state index is 0.546. The Bertz CT molecular complexity index is 537. The highest BCUT2D eigenvalue weighted by Gasteiger charge is 2.35. The third-order valence-corrected chi connectivity index (χ3v) is 5.48. The van der Waals surface area contributed by atoms with Crippen molar-refractivity contribution in [3.63, 3.8) is 0 Å². The van der Waals surface area contributed by atoms with Crippen LogP contribution in [0, 0.1) is 0 Å². The van der Waals surface area contributed by atoms with E-state index in [0.29, 0.717) is 25.3 Å². The van der Waals surface area contributed by atoms with Gasteiger partial charge in [0.1, 0.15) is 13.2 Å². The largest absolute Gasteiger partial charge is 0.486 e. The number of nitrogens with zero attached hydrogens (tertiary/aromatic N) is 1. The van der Waals surface area contributed by atoms with Crippen LogP contribution in [0.4, 0.5) is 5.69 Å². The maximum Gasteiger partial charge on any atom is 0.163 e. The van der Waals surface area contributed by atoms with Crippen molar-refractivity contribution in [2.75, 3.05) is 31.6 Å². The summed E-state index contributed by atoms with van der Waals surface area (Å²) in [7, 11) is 0. The molecular formula is C16H21BrN2O2. The summed E-state index contributed by atoms with van der Waals surface area (Å²) in [4.78, 5) is 2.65. The van der Waals surface area contributed by atoms with Crippen LogP contribution in [0.1, 0.15) is 25.7 Å². The van der Waals surface area contributed by atoms with Crippen LogP contribution in [0.2, 0.25) is 0 Å². The second-order valence-electron chi connectivity index (χ2n) is 6.11. The molecule has 0 bridgehead atoms. The molecule has 2 unspecified atom stereocenters. The van der Waals surface area contributed by atoms with Gasteiger partial charge in [-0.3, -0.25) is 4.90 Å². The van der Waals surface area contributed by atoms with E-state index in [-0.39, 0.29) is 0 Å². The number of anilines is 1. The molecule has 114 valence electrons. The average Bonchev–Trinajstić information content (AvgIpc) is 2.91. The van der Waals surface area contributed by atoms with Gasteiger partial charge < -0.3 is 14.8 Å². The standard InChI is InChI=1S/C16H21BrN2O2/c17-11-9-15-16(21-8-7-20-15)10-13(11)18-12-4-6-19-5-2-1-3-14(12)19/h9-10,12,14,18H,1-8H2. The van der Waals surface area contributed by atoms with E-state index in [1.807, 2.05) is 6.07 Å². The van der Waals surface area contributed by atoms with Crippen molar-refractivity contribution < 1.29 is 9.47 Å². The van der Waals surface area contributed by atoms with Crippen LogP contribution in [0.25, 0.3) is 0 Å². The SMILES string of the molecule is Brc1cc2c(cc1NC1CCN3CCCCC13)OCCO2. The normalized spacial score (nSPS) is 28.2. The molecule has 1 aromatic carbocycles. The van der Waals surface area contributed by atoms with Crippen molar-refractivity contribution in [1.29, 1.82) is 0 Å². The van der Waals surface area contributed by atoms with Crippen molar-refractivity contribution in [3.05, 3.63) is 16.6 Å². The number of benzene rings is 1. The van der Waals surface area contributed by atoms with Gasteiger partial charge in [0.2, 0.25) is 0 Å². The fraction of sp³-hybridized carbons (Fsp3) is 0.625. The van der Waals surface area contributed by atoms with Crippen LogP contribution in [0.5, 0.6) is 11.5 Å². The van der Waals surface area contributed by atoms with Crippen LogP contribution in [0.15, 0.2) is 16.6 Å². The van der Waals surface area contributed by atoms with E-state index >= 15 is 0 Å². The summed E-state index contributed by atoms with van der Waals surface area (Å²) in [5.74, 6) is 1.69. The van der Waals surface area contributed by atoms with E-state index in [9.17, 15) is 0 Å². The van der Waals surface area contributed by atoms with Crippen LogP contribution >= 0.6 is 15.9 Å². The van der Waals surface area contributed by atoms with Crippen molar-refractivity contribution >= 4 is 21.6 Å². The molecule has 5 heteroatoms. The summed E-state index contributed by atoms with van der Waals surface area (Å²) < 4.78 is 12.4. The maximum absolute atomic E-state index is 5.69. The summed E-state index contributed by atoms with van der Waals surface area (Å²) in [5, 5.41) is 3.73. The highest BCUT2D eigenvalue weighted by atomic mass is 79.9. The van der Waals surface area contributed by atoms with E-state index in [4.69, 9.17) is 9.47 Å². The number of hydrogen-bond donors (Lipinski definition) is 1. The van der Waals surface area contributed by atoms with Crippen molar-refractivity contribution in [2.45, 2.75) is 37.8 Å². The first-order valence-electron chi connectivity index (χ1n) is 7.91. The third-order valence-electron chi connectivity index (χ3n) is 4.83. The molecule has 0 saturated carbocycles. The Kier molecular flexibility index (Phi) is 3.71. The summed E-state index contributed by atoms with van der Waals surface area (Å²) in [6.45, 7) is 3.76. The molecule has 21 heavy (non-hydrogen) atoms. The molecule has 2 fully saturated rings. The topological polar surface area (TPSA) is 33.7 Å². The summed E-state index contributed by atoms with van der Waals surface area (Å²) in [6.07, 6.45) is 5.27. The zero-order valence-corrected chi connectivity index (χ0v) is 13.7. The summed E-state index contributed by atoms with van der Waals surface area (Å²) in [6, 6.07) is 5.33. The molecule has 3 aliphatic heterocycles. The molecule has 1 aromatic rings. The number of hydrogen-bond acceptors (Lipinski definition) is 4. The monoisotopic (exact) mass is 352 g/mol. The van der Waals surface area contributed by atoms with Crippen LogP contribution in [-0.2, 0) is 0 Å². The average molecular weight is 353 g/mol. The Morgan fingerprint density at radius 3 is 2.71 bits per heavy atom. The van der Waals surface area contributed by atoms with Gasteiger partial charge in [0.15, 0.2) is 11.5 Å². The predicted molar refractivity (Wildman–Crippen MR) is 86.4 cm³/mol. The fourth-order valence-electron chi connectivity index (χ4n) is 3.79. The first-order chi connectivity index (χ1) is 10.3. The second kappa shape index (κ2) is 5.69. The fourth-order valence-corrected chi connectivity index (χ4v) is 4.23. The molecule has 1 N–H and O–H groups in total. The summed E-state index contributed by atoms with van der Waals surface area (Å²) >= 11 is 3.66. The lowest BCUT2D eigenvalue weighted by Crippen LogP contribution is -2.41. The number of ether oxygens (including phenoxy) is 2. The van der Waals surface area contributed by atoms with Gasteiger partial charge in [-0.05, 0) is 41.7 Å². The number of halogens is 1. The van der Waals surface area contributed by atoms with Gasteiger partial charge in [0.05, 0.1) is 5.69 Å². The third kappa shape index (κ3) is 2.61. The van der Waals surface area contributed by atoms with Crippen molar-refractivity contribution in [3.8, 4) is 11.5 Å². The van der Waals surface area contributed by atoms with E-state index in [1.165, 1.54) is 38.8 Å². The predicted octanol–water partition coefficient (Wildman–Crippen LogP) is 3.26. The van der Waals surface area contributed by atoms with Crippen LogP contribution < -0.4 is 14.8 Å². The molecule has 3 heterocycles. The molecule has 0 spiro atoms. The Morgan fingerprint density at radius 2 is 1.86 bits per heavy atom. The minimum atomic E-state index is 0.546. The lowest BCUT2D eigenvalue weighted by molar-refractivity contribution is 0.171. The van der Waals surface area contributed by atoms with E-state index < -0.39 is 0 Å². The Morgan fingerprint density at radius 1 is 1.05 bits per heavy atom. The summed E-state index contributed by atoms with van der Waals surface area (Å²) in [5.41, 5.74) is 1.12. The smallest absolute Gasteiger partial charge is 0.163 e. The molecule has 2 saturated heterocycles. The van der Waals surface area contributed by atoms with Gasteiger partial charge >= 0.3 is 0 Å². The number of rotatable bonds is 2. The lowest BCUT2D eigenvalue weighted by atomic mass is 9.99. The molecule has 4 nitrogen and oxygen atoms in total. The Balaban J connectivity index is 1.54. The highest BCUT2D eigenvalue weighted by Crippen LogP contribution is 2.39. The number of piperidine rings is 1. The zero-order valence-electron chi connectivity index (χ0n) is 12.1. The molecule has 4 rings (SSSR count). The first kappa shape index (κ1) is 13.7. The van der Waals surface area contributed by atoms with E-state index in [1.54, 1.807) is 0 Å². The van der Waals surface area contributed by atoms with Crippen molar-refractivity contribution in [1.82, 2.24) is 4.90 Å². The molecule has 2 atom stereocenters. The zero-order chi connectivity index (χ0) is 14.2. The molecule has 0 radical (unpaired) electrons. The van der Waals surface area contributed by atoms with E-state index in [2.05, 4.69) is 32.2 Å². The minimum Gasteiger partial charge on any atom is -0.486 e. The van der Waals surface area contributed by atoms with Gasteiger partial charge in [0.25, 0.3) is 0 Å². The highest BCUT2D eigenvalue weighted by molar-refractivity contribution is 9.10. The molecule has 0 aromatic heterocycles. The van der Waals surface area contributed by atoms with E-state index in [0.717, 1.165) is 21.7 Å². The lowest BCUT2D eigenvalue weighted by Gasteiger charge is -2.33. The molecule has 0 amide bonds. The second-order valence-corrected chi connectivity index (χ2v) is 6.97. The number of fused-ring (bicyclic) bond motifs is 2. The van der Waals surface area contributed by atoms with Gasteiger partial charge in [-0.2, -0.15) is 0 Å². The van der Waals surface area contributed by atoms with Gasteiger partial charge in [-0.25, -0.2) is 0 Å². The molecule has 3 aliphatic rings. The number of nitrogens with one attached hydrogen (secondary N) is 1. The maximum atomic E-state index is 5.69.